The van der Waals surface area contributed by atoms with Crippen LogP contribution in [0.15, 0.2) is 71.8 Å². The molecule has 0 aliphatic heterocycles. The van der Waals surface area contributed by atoms with Gasteiger partial charge in [-0.3, -0.25) is 4.79 Å². The Morgan fingerprint density at radius 2 is 1.68 bits per heavy atom. The van der Waals surface area contributed by atoms with Gasteiger partial charge in [-0.1, -0.05) is 17.7 Å². The van der Waals surface area contributed by atoms with Gasteiger partial charge in [-0.2, -0.15) is 5.10 Å². The Kier molecular flexibility index (Phi) is 8.48. The van der Waals surface area contributed by atoms with Gasteiger partial charge < -0.3 is 18.9 Å². The highest BCUT2D eigenvalue weighted by atomic mass is 35.5. The molecular weight excluding hydrogens is 460 g/mol. The molecule has 0 radical (unpaired) electrons. The van der Waals surface area contributed by atoms with Crippen LogP contribution in [0.25, 0.3) is 0 Å². The van der Waals surface area contributed by atoms with E-state index in [0.717, 1.165) is 0 Å². The lowest BCUT2D eigenvalue weighted by atomic mass is 10.2. The molecule has 1 unspecified atom stereocenters. The molecule has 0 saturated carbocycles. The van der Waals surface area contributed by atoms with Gasteiger partial charge in [0.2, 0.25) is 0 Å². The second-order valence-corrected chi connectivity index (χ2v) is 7.42. The summed E-state index contributed by atoms with van der Waals surface area (Å²) in [5.74, 6) is 0.819. The highest BCUT2D eigenvalue weighted by molar-refractivity contribution is 6.30. The molecule has 9 heteroatoms. The van der Waals surface area contributed by atoms with E-state index in [2.05, 4.69) is 10.5 Å². The normalized spacial score (nSPS) is 11.5. The van der Waals surface area contributed by atoms with Crippen LogP contribution in [0, 0.1) is 0 Å². The molecule has 1 N–H and O–H groups in total. The van der Waals surface area contributed by atoms with Crippen LogP contribution in [-0.2, 0) is 4.79 Å². The number of nitrogens with one attached hydrogen (secondary N) is 1. The first-order valence-electron chi connectivity index (χ1n) is 10.2. The van der Waals surface area contributed by atoms with Crippen LogP contribution in [0.1, 0.15) is 22.8 Å². The maximum Gasteiger partial charge on any atom is 0.343 e. The fourth-order valence-corrected chi connectivity index (χ4v) is 2.99. The topological polar surface area (TPSA) is 95.5 Å². The highest BCUT2D eigenvalue weighted by Crippen LogP contribution is 2.28. The summed E-state index contributed by atoms with van der Waals surface area (Å²) in [5.41, 5.74) is 3.43. The molecule has 34 heavy (non-hydrogen) atoms. The fraction of sp³-hybridized carbons (Fsp3) is 0.160. The molecule has 0 bridgehead atoms. The minimum absolute atomic E-state index is 0.320. The number of rotatable bonds is 9. The molecule has 0 fully saturated rings. The van der Waals surface area contributed by atoms with E-state index in [4.69, 9.17) is 30.5 Å². The van der Waals surface area contributed by atoms with Crippen LogP contribution in [0.2, 0.25) is 5.02 Å². The van der Waals surface area contributed by atoms with Crippen molar-refractivity contribution < 1.29 is 28.5 Å². The first-order chi connectivity index (χ1) is 16.4. The predicted molar refractivity (Wildman–Crippen MR) is 128 cm³/mol. The van der Waals surface area contributed by atoms with E-state index in [0.29, 0.717) is 39.1 Å². The largest absolute Gasteiger partial charge is 0.493 e. The van der Waals surface area contributed by atoms with E-state index < -0.39 is 18.0 Å². The molecule has 0 saturated heterocycles. The summed E-state index contributed by atoms with van der Waals surface area (Å²) in [4.78, 5) is 24.6. The van der Waals surface area contributed by atoms with Crippen molar-refractivity contribution >= 4 is 29.7 Å². The SMILES string of the molecule is COc1ccc(C(=O)Oc2ccc(/C=N/NC(=O)C(C)Oc3cccc(Cl)c3)cc2)cc1OC. The third-order valence-corrected chi connectivity index (χ3v) is 4.81. The fourth-order valence-electron chi connectivity index (χ4n) is 2.81. The monoisotopic (exact) mass is 482 g/mol. The molecule has 3 rings (SSSR count). The van der Waals surface area contributed by atoms with Gasteiger partial charge in [-0.15, -0.1) is 0 Å². The quantitative estimate of drug-likeness (QED) is 0.209. The number of ether oxygens (including phenoxy) is 4. The standard InChI is InChI=1S/C25H23ClN2O6/c1-16(33-21-6-4-5-19(26)14-21)24(29)28-27-15-17-7-10-20(11-8-17)34-25(30)18-9-12-22(31-2)23(13-18)32-3/h4-16H,1-3H3,(H,28,29)/b27-15+. The Bertz CT molecular complexity index is 1180. The summed E-state index contributed by atoms with van der Waals surface area (Å²) in [7, 11) is 3.00. The van der Waals surface area contributed by atoms with Gasteiger partial charge in [0, 0.05) is 5.02 Å². The van der Waals surface area contributed by atoms with E-state index >= 15 is 0 Å². The molecule has 1 atom stereocenters. The number of benzene rings is 3. The number of carbonyl (C=O) groups excluding carboxylic acids is 2. The van der Waals surface area contributed by atoms with Crippen molar-refractivity contribution in [1.29, 1.82) is 0 Å². The van der Waals surface area contributed by atoms with Crippen molar-refractivity contribution in [2.75, 3.05) is 14.2 Å². The van der Waals surface area contributed by atoms with Crippen molar-refractivity contribution in [2.24, 2.45) is 5.10 Å². The number of hydrogen-bond donors (Lipinski definition) is 1. The predicted octanol–water partition coefficient (Wildman–Crippen LogP) is 4.49. The maximum atomic E-state index is 12.4. The van der Waals surface area contributed by atoms with E-state index in [9.17, 15) is 9.59 Å². The van der Waals surface area contributed by atoms with Crippen molar-refractivity contribution in [3.63, 3.8) is 0 Å². The Morgan fingerprint density at radius 1 is 0.941 bits per heavy atom. The molecule has 0 spiro atoms. The van der Waals surface area contributed by atoms with E-state index in [-0.39, 0.29) is 0 Å². The van der Waals surface area contributed by atoms with E-state index in [1.54, 1.807) is 73.7 Å². The Morgan fingerprint density at radius 3 is 2.35 bits per heavy atom. The number of nitrogens with zero attached hydrogens (tertiary/aromatic N) is 1. The van der Waals surface area contributed by atoms with Crippen molar-refractivity contribution in [1.82, 2.24) is 5.43 Å². The summed E-state index contributed by atoms with van der Waals surface area (Å²) in [6, 6.07) is 18.2. The molecule has 3 aromatic carbocycles. The third-order valence-electron chi connectivity index (χ3n) is 4.58. The van der Waals surface area contributed by atoms with E-state index in [1.807, 2.05) is 0 Å². The minimum Gasteiger partial charge on any atom is -0.493 e. The summed E-state index contributed by atoms with van der Waals surface area (Å²) in [5, 5.41) is 4.45. The maximum absolute atomic E-state index is 12.4. The number of esters is 1. The summed E-state index contributed by atoms with van der Waals surface area (Å²) >= 11 is 5.91. The molecule has 3 aromatic rings. The molecule has 176 valence electrons. The molecule has 0 heterocycles. The number of halogens is 1. The van der Waals surface area contributed by atoms with Gasteiger partial charge in [0.05, 0.1) is 26.0 Å². The number of hydrogen-bond acceptors (Lipinski definition) is 7. The molecular formula is C25H23ClN2O6. The van der Waals surface area contributed by atoms with Crippen LogP contribution < -0.4 is 24.4 Å². The van der Waals surface area contributed by atoms with Gasteiger partial charge in [-0.25, -0.2) is 10.2 Å². The lowest BCUT2D eigenvalue weighted by Crippen LogP contribution is -2.33. The Balaban J connectivity index is 1.53. The van der Waals surface area contributed by atoms with Gasteiger partial charge in [0.1, 0.15) is 11.5 Å². The summed E-state index contributed by atoms with van der Waals surface area (Å²) in [6.45, 7) is 1.60. The zero-order valence-corrected chi connectivity index (χ0v) is 19.5. The average molecular weight is 483 g/mol. The smallest absolute Gasteiger partial charge is 0.343 e. The summed E-state index contributed by atoms with van der Waals surface area (Å²) < 4.78 is 21.3. The van der Waals surface area contributed by atoms with Crippen LogP contribution in [-0.4, -0.2) is 38.4 Å². The Hall–Kier alpha value is -4.04. The van der Waals surface area contributed by atoms with Gasteiger partial charge in [0.15, 0.2) is 17.6 Å². The first-order valence-corrected chi connectivity index (χ1v) is 10.6. The first kappa shape index (κ1) is 24.6. The van der Waals surface area contributed by atoms with Crippen LogP contribution in [0.3, 0.4) is 0 Å². The molecule has 0 aliphatic rings. The third kappa shape index (κ3) is 6.73. The lowest BCUT2D eigenvalue weighted by molar-refractivity contribution is -0.127. The zero-order chi connectivity index (χ0) is 24.5. The second kappa shape index (κ2) is 11.7. The minimum atomic E-state index is -0.769. The molecule has 8 nitrogen and oxygen atoms in total. The molecule has 1 amide bonds. The van der Waals surface area contributed by atoms with Crippen molar-refractivity contribution in [3.05, 3.63) is 82.9 Å². The van der Waals surface area contributed by atoms with Crippen molar-refractivity contribution in [2.45, 2.75) is 13.0 Å². The van der Waals surface area contributed by atoms with Gasteiger partial charge in [-0.05, 0) is 73.2 Å². The Labute approximate surface area is 202 Å². The second-order valence-electron chi connectivity index (χ2n) is 6.98. The van der Waals surface area contributed by atoms with Crippen LogP contribution in [0.5, 0.6) is 23.0 Å². The van der Waals surface area contributed by atoms with Gasteiger partial charge >= 0.3 is 5.97 Å². The number of methoxy groups -OCH3 is 2. The average Bonchev–Trinajstić information content (AvgIpc) is 2.84. The summed E-state index contributed by atoms with van der Waals surface area (Å²) in [6.07, 6.45) is 0.693. The number of carbonyl (C=O) groups is 2. The zero-order valence-electron chi connectivity index (χ0n) is 18.8. The van der Waals surface area contributed by atoms with Crippen molar-refractivity contribution in [3.8, 4) is 23.0 Å². The molecule has 0 aromatic heterocycles. The van der Waals surface area contributed by atoms with Gasteiger partial charge in [0.25, 0.3) is 5.91 Å². The van der Waals surface area contributed by atoms with Crippen LogP contribution >= 0.6 is 11.6 Å². The number of hydrazone groups is 1. The van der Waals surface area contributed by atoms with Crippen LogP contribution in [0.4, 0.5) is 0 Å². The molecule has 0 aliphatic carbocycles. The lowest BCUT2D eigenvalue weighted by Gasteiger charge is -2.12. The highest BCUT2D eigenvalue weighted by Gasteiger charge is 2.14. The van der Waals surface area contributed by atoms with E-state index in [1.165, 1.54) is 20.4 Å². The number of amides is 1.